The number of thiazole rings is 1. The minimum Gasteiger partial charge on any atom is -0.361 e. The van der Waals surface area contributed by atoms with E-state index in [4.69, 9.17) is 0 Å². The van der Waals surface area contributed by atoms with Gasteiger partial charge < -0.3 is 5.32 Å². The Kier molecular flexibility index (Phi) is 2.93. The average Bonchev–Trinajstić information content (AvgIpc) is 2.95. The van der Waals surface area contributed by atoms with E-state index in [1.165, 1.54) is 4.70 Å². The lowest BCUT2D eigenvalue weighted by molar-refractivity contribution is 0.742. The van der Waals surface area contributed by atoms with E-state index >= 15 is 0 Å². The Hall–Kier alpha value is -1.95. The van der Waals surface area contributed by atoms with Gasteiger partial charge in [0.1, 0.15) is 6.33 Å². The zero-order chi connectivity index (χ0) is 12.4. The van der Waals surface area contributed by atoms with Gasteiger partial charge in [0.05, 0.1) is 10.2 Å². The fourth-order valence-electron chi connectivity index (χ4n) is 1.73. The molecule has 0 saturated carbocycles. The van der Waals surface area contributed by atoms with Gasteiger partial charge in [0.15, 0.2) is 11.0 Å². The SMILES string of the molecule is Cn1cnc(CCNc2nc3ccccc3s2)n1. The van der Waals surface area contributed by atoms with Crippen LogP contribution in [0.5, 0.6) is 0 Å². The normalized spacial score (nSPS) is 10.9. The molecule has 2 heterocycles. The molecule has 92 valence electrons. The maximum absolute atomic E-state index is 4.51. The minimum absolute atomic E-state index is 0.795. The predicted molar refractivity (Wildman–Crippen MR) is 72.8 cm³/mol. The van der Waals surface area contributed by atoms with Gasteiger partial charge in [-0.2, -0.15) is 5.10 Å². The van der Waals surface area contributed by atoms with Crippen LogP contribution in [-0.2, 0) is 13.5 Å². The number of hydrogen-bond acceptors (Lipinski definition) is 5. The highest BCUT2D eigenvalue weighted by molar-refractivity contribution is 7.22. The maximum Gasteiger partial charge on any atom is 0.183 e. The van der Waals surface area contributed by atoms with Gasteiger partial charge in [-0.05, 0) is 12.1 Å². The summed E-state index contributed by atoms with van der Waals surface area (Å²) in [7, 11) is 1.87. The Morgan fingerprint density at radius 1 is 1.33 bits per heavy atom. The summed E-state index contributed by atoms with van der Waals surface area (Å²) >= 11 is 1.67. The van der Waals surface area contributed by atoms with Crippen LogP contribution in [0, 0.1) is 0 Å². The summed E-state index contributed by atoms with van der Waals surface area (Å²) in [6, 6.07) is 8.14. The number of nitrogens with one attached hydrogen (secondary N) is 1. The summed E-state index contributed by atoms with van der Waals surface area (Å²) < 4.78 is 2.92. The van der Waals surface area contributed by atoms with Crippen LogP contribution in [0.1, 0.15) is 5.82 Å². The van der Waals surface area contributed by atoms with Crippen LogP contribution < -0.4 is 5.32 Å². The topological polar surface area (TPSA) is 55.6 Å². The third-order valence-electron chi connectivity index (χ3n) is 2.57. The van der Waals surface area contributed by atoms with Gasteiger partial charge in [-0.25, -0.2) is 9.97 Å². The number of fused-ring (bicyclic) bond motifs is 1. The zero-order valence-electron chi connectivity index (χ0n) is 10.00. The second-order valence-electron chi connectivity index (χ2n) is 4.00. The molecule has 1 aromatic carbocycles. The van der Waals surface area contributed by atoms with Crippen molar-refractivity contribution in [3.63, 3.8) is 0 Å². The Morgan fingerprint density at radius 3 is 3.00 bits per heavy atom. The molecule has 0 fully saturated rings. The number of benzene rings is 1. The lowest BCUT2D eigenvalue weighted by Gasteiger charge is -1.98. The van der Waals surface area contributed by atoms with Crippen molar-refractivity contribution in [2.45, 2.75) is 6.42 Å². The Balaban J connectivity index is 1.62. The van der Waals surface area contributed by atoms with Crippen LogP contribution in [0.3, 0.4) is 0 Å². The molecule has 0 amide bonds. The van der Waals surface area contributed by atoms with Crippen LogP contribution in [0.15, 0.2) is 30.6 Å². The zero-order valence-corrected chi connectivity index (χ0v) is 10.8. The monoisotopic (exact) mass is 259 g/mol. The second kappa shape index (κ2) is 4.73. The largest absolute Gasteiger partial charge is 0.361 e. The van der Waals surface area contributed by atoms with E-state index < -0.39 is 0 Å². The molecular weight excluding hydrogens is 246 g/mol. The van der Waals surface area contributed by atoms with Crippen molar-refractivity contribution in [1.82, 2.24) is 19.7 Å². The Bertz CT molecular complexity index is 624. The van der Waals surface area contributed by atoms with E-state index in [-0.39, 0.29) is 0 Å². The van der Waals surface area contributed by atoms with Crippen molar-refractivity contribution >= 4 is 26.7 Å². The first kappa shape index (κ1) is 11.2. The van der Waals surface area contributed by atoms with Crippen LogP contribution in [-0.4, -0.2) is 26.3 Å². The van der Waals surface area contributed by atoms with E-state index in [9.17, 15) is 0 Å². The third-order valence-corrected chi connectivity index (χ3v) is 3.56. The van der Waals surface area contributed by atoms with Crippen molar-refractivity contribution in [2.24, 2.45) is 7.05 Å². The van der Waals surface area contributed by atoms with E-state index in [0.717, 1.165) is 29.4 Å². The second-order valence-corrected chi connectivity index (χ2v) is 5.03. The van der Waals surface area contributed by atoms with Crippen molar-refractivity contribution in [3.8, 4) is 0 Å². The number of rotatable bonds is 4. The lowest BCUT2D eigenvalue weighted by Crippen LogP contribution is -2.06. The van der Waals surface area contributed by atoms with Crippen LogP contribution >= 0.6 is 11.3 Å². The molecule has 1 N–H and O–H groups in total. The molecule has 0 spiro atoms. The van der Waals surface area contributed by atoms with Gasteiger partial charge in [-0.15, -0.1) is 0 Å². The number of aromatic nitrogens is 4. The highest BCUT2D eigenvalue weighted by Gasteiger charge is 2.03. The summed E-state index contributed by atoms with van der Waals surface area (Å²) in [5, 5.41) is 8.49. The quantitative estimate of drug-likeness (QED) is 0.779. The number of nitrogens with zero attached hydrogens (tertiary/aromatic N) is 4. The fourth-order valence-corrected chi connectivity index (χ4v) is 2.62. The molecule has 0 aliphatic heterocycles. The van der Waals surface area contributed by atoms with E-state index in [2.05, 4.69) is 26.4 Å². The van der Waals surface area contributed by atoms with Crippen molar-refractivity contribution in [3.05, 3.63) is 36.4 Å². The number of para-hydroxylation sites is 1. The fraction of sp³-hybridized carbons (Fsp3) is 0.250. The smallest absolute Gasteiger partial charge is 0.183 e. The van der Waals surface area contributed by atoms with Gasteiger partial charge in [-0.3, -0.25) is 4.68 Å². The molecule has 5 nitrogen and oxygen atoms in total. The number of aryl methyl sites for hydroxylation is 1. The highest BCUT2D eigenvalue weighted by Crippen LogP contribution is 2.25. The minimum atomic E-state index is 0.795. The van der Waals surface area contributed by atoms with Crippen molar-refractivity contribution in [1.29, 1.82) is 0 Å². The molecule has 18 heavy (non-hydrogen) atoms. The first-order chi connectivity index (χ1) is 8.81. The number of hydrogen-bond donors (Lipinski definition) is 1. The van der Waals surface area contributed by atoms with Crippen molar-refractivity contribution < 1.29 is 0 Å². The van der Waals surface area contributed by atoms with Gasteiger partial charge in [0, 0.05) is 20.0 Å². The molecule has 2 aromatic heterocycles. The maximum atomic E-state index is 4.51. The summed E-state index contributed by atoms with van der Waals surface area (Å²) in [4.78, 5) is 8.70. The van der Waals surface area contributed by atoms with Crippen LogP contribution in [0.25, 0.3) is 10.2 Å². The summed E-state index contributed by atoms with van der Waals surface area (Å²) in [6.07, 6.45) is 2.52. The molecule has 0 aliphatic rings. The lowest BCUT2D eigenvalue weighted by atomic mass is 10.3. The first-order valence-corrected chi connectivity index (χ1v) is 6.57. The molecular formula is C12H13N5S. The van der Waals surface area contributed by atoms with Gasteiger partial charge in [0.25, 0.3) is 0 Å². The molecule has 3 aromatic rings. The number of anilines is 1. The molecule has 0 saturated heterocycles. The summed E-state index contributed by atoms with van der Waals surface area (Å²) in [5.41, 5.74) is 1.04. The van der Waals surface area contributed by atoms with Gasteiger partial charge in [-0.1, -0.05) is 23.5 Å². The molecule has 0 radical (unpaired) electrons. The van der Waals surface area contributed by atoms with E-state index in [0.29, 0.717) is 0 Å². The molecule has 0 bridgehead atoms. The summed E-state index contributed by atoms with van der Waals surface area (Å²) in [5.74, 6) is 0.853. The first-order valence-electron chi connectivity index (χ1n) is 5.75. The van der Waals surface area contributed by atoms with Gasteiger partial charge >= 0.3 is 0 Å². The Morgan fingerprint density at radius 2 is 2.22 bits per heavy atom. The standard InChI is InChI=1S/C12H13N5S/c1-17-8-14-11(16-17)6-7-13-12-15-9-4-2-3-5-10(9)18-12/h2-5,8H,6-7H2,1H3,(H,13,15). The molecule has 0 atom stereocenters. The van der Waals surface area contributed by atoms with E-state index in [1.54, 1.807) is 22.3 Å². The third kappa shape index (κ3) is 2.33. The van der Waals surface area contributed by atoms with Crippen molar-refractivity contribution in [2.75, 3.05) is 11.9 Å². The van der Waals surface area contributed by atoms with Crippen LogP contribution in [0.2, 0.25) is 0 Å². The Labute approximate surface area is 109 Å². The average molecular weight is 259 g/mol. The molecule has 0 aliphatic carbocycles. The van der Waals surface area contributed by atoms with Crippen LogP contribution in [0.4, 0.5) is 5.13 Å². The van der Waals surface area contributed by atoms with Gasteiger partial charge in [0.2, 0.25) is 0 Å². The predicted octanol–water partition coefficient (Wildman–Crippen LogP) is 2.08. The molecule has 0 unspecified atom stereocenters. The van der Waals surface area contributed by atoms with E-state index in [1.807, 2.05) is 25.2 Å². The molecule has 3 rings (SSSR count). The highest BCUT2D eigenvalue weighted by atomic mass is 32.1. The summed E-state index contributed by atoms with van der Waals surface area (Å²) in [6.45, 7) is 0.795. The molecule has 6 heteroatoms.